The molecule has 0 aromatic carbocycles. The molecular formula is C10H18O4S. The molecule has 0 aliphatic carbocycles. The second kappa shape index (κ2) is 5.07. The predicted molar refractivity (Wildman–Crippen MR) is 57.4 cm³/mol. The highest BCUT2D eigenvalue weighted by molar-refractivity contribution is 7.92. The van der Waals surface area contributed by atoms with Crippen LogP contribution >= 0.6 is 0 Å². The molecule has 88 valence electrons. The van der Waals surface area contributed by atoms with Crippen molar-refractivity contribution in [2.24, 2.45) is 11.8 Å². The van der Waals surface area contributed by atoms with Crippen LogP contribution < -0.4 is 0 Å². The van der Waals surface area contributed by atoms with Crippen LogP contribution in [0.1, 0.15) is 20.3 Å². The summed E-state index contributed by atoms with van der Waals surface area (Å²) >= 11 is 0. The fraction of sp³-hybridized carbons (Fsp3) is 0.900. The van der Waals surface area contributed by atoms with E-state index in [1.807, 2.05) is 13.8 Å². The number of Topliss-reactive ketones (excluding diaryl/α,β-unsaturated/α-hetero) is 1. The highest BCUT2D eigenvalue weighted by Crippen LogP contribution is 2.15. The molecule has 0 spiro atoms. The van der Waals surface area contributed by atoms with Gasteiger partial charge in [-0.15, -0.1) is 0 Å². The first-order valence-corrected chi connectivity index (χ1v) is 7.04. The van der Waals surface area contributed by atoms with E-state index in [9.17, 15) is 13.2 Å². The number of sulfone groups is 1. The summed E-state index contributed by atoms with van der Waals surface area (Å²) in [5.74, 6) is -0.548. The maximum absolute atomic E-state index is 11.6. The smallest absolute Gasteiger partial charge is 0.157 e. The van der Waals surface area contributed by atoms with E-state index >= 15 is 0 Å². The third-order valence-electron chi connectivity index (χ3n) is 2.33. The standard InChI is InChI=1S/C10H18O4S/c1-8(2)6-15(12,13)7-10(11)9-3-4-14-5-9/h8-9H,3-7H2,1-2H3. The zero-order valence-electron chi connectivity index (χ0n) is 9.23. The van der Waals surface area contributed by atoms with Crippen molar-refractivity contribution in [3.8, 4) is 0 Å². The Morgan fingerprint density at radius 3 is 2.60 bits per heavy atom. The minimum absolute atomic E-state index is 0.0719. The number of ether oxygens (including phenoxy) is 1. The normalized spacial score (nSPS) is 22.2. The van der Waals surface area contributed by atoms with Crippen LogP contribution in [0.4, 0.5) is 0 Å². The second-order valence-electron chi connectivity index (χ2n) is 4.48. The molecule has 1 aliphatic rings. The molecule has 1 heterocycles. The average Bonchev–Trinajstić information content (AvgIpc) is 2.50. The number of hydrogen-bond donors (Lipinski definition) is 0. The van der Waals surface area contributed by atoms with Gasteiger partial charge < -0.3 is 4.74 Å². The van der Waals surface area contributed by atoms with Gasteiger partial charge in [0.25, 0.3) is 0 Å². The molecule has 0 aromatic rings. The van der Waals surface area contributed by atoms with E-state index in [0.29, 0.717) is 19.6 Å². The molecule has 5 heteroatoms. The van der Waals surface area contributed by atoms with Crippen molar-refractivity contribution in [1.29, 1.82) is 0 Å². The molecule has 0 amide bonds. The number of carbonyl (C=O) groups is 1. The first kappa shape index (κ1) is 12.6. The Morgan fingerprint density at radius 1 is 1.47 bits per heavy atom. The Kier molecular flexibility index (Phi) is 4.28. The van der Waals surface area contributed by atoms with Crippen LogP contribution in [0.5, 0.6) is 0 Å². The third kappa shape index (κ3) is 4.30. The molecule has 1 unspecified atom stereocenters. The fourth-order valence-electron chi connectivity index (χ4n) is 1.69. The van der Waals surface area contributed by atoms with Crippen molar-refractivity contribution in [3.63, 3.8) is 0 Å². The highest BCUT2D eigenvalue weighted by Gasteiger charge is 2.27. The topological polar surface area (TPSA) is 60.4 Å². The lowest BCUT2D eigenvalue weighted by atomic mass is 10.1. The van der Waals surface area contributed by atoms with E-state index in [0.717, 1.165) is 0 Å². The molecular weight excluding hydrogens is 216 g/mol. The zero-order valence-corrected chi connectivity index (χ0v) is 10.0. The van der Waals surface area contributed by atoms with Gasteiger partial charge in [-0.25, -0.2) is 8.42 Å². The van der Waals surface area contributed by atoms with E-state index in [2.05, 4.69) is 0 Å². The number of hydrogen-bond acceptors (Lipinski definition) is 4. The first-order valence-electron chi connectivity index (χ1n) is 5.21. The van der Waals surface area contributed by atoms with Gasteiger partial charge in [0.05, 0.1) is 12.4 Å². The van der Waals surface area contributed by atoms with E-state index in [-0.39, 0.29) is 29.1 Å². The minimum atomic E-state index is -3.22. The van der Waals surface area contributed by atoms with E-state index in [4.69, 9.17) is 4.74 Å². The summed E-state index contributed by atoms with van der Waals surface area (Å²) in [5, 5.41) is 0. The molecule has 0 aromatic heterocycles. The van der Waals surface area contributed by atoms with Gasteiger partial charge in [-0.2, -0.15) is 0 Å². The van der Waals surface area contributed by atoms with Crippen molar-refractivity contribution < 1.29 is 17.9 Å². The van der Waals surface area contributed by atoms with Gasteiger partial charge in [0.2, 0.25) is 0 Å². The molecule has 0 radical (unpaired) electrons. The van der Waals surface area contributed by atoms with Crippen LogP contribution in [-0.4, -0.2) is 38.9 Å². The molecule has 1 aliphatic heterocycles. The summed E-state index contributed by atoms with van der Waals surface area (Å²) in [6, 6.07) is 0. The second-order valence-corrected chi connectivity index (χ2v) is 6.58. The van der Waals surface area contributed by atoms with Crippen LogP contribution in [-0.2, 0) is 19.4 Å². The summed E-state index contributed by atoms with van der Waals surface area (Å²) in [6.45, 7) is 4.62. The number of carbonyl (C=O) groups excluding carboxylic acids is 1. The summed E-state index contributed by atoms with van der Waals surface area (Å²) in [5.41, 5.74) is 0. The minimum Gasteiger partial charge on any atom is -0.381 e. The van der Waals surface area contributed by atoms with E-state index in [1.54, 1.807) is 0 Å². The average molecular weight is 234 g/mol. The molecule has 1 fully saturated rings. The van der Waals surface area contributed by atoms with Crippen LogP contribution in [0.15, 0.2) is 0 Å². The van der Waals surface area contributed by atoms with Crippen molar-refractivity contribution in [2.75, 3.05) is 24.7 Å². The zero-order chi connectivity index (χ0) is 11.5. The Hall–Kier alpha value is -0.420. The van der Waals surface area contributed by atoms with Gasteiger partial charge >= 0.3 is 0 Å². The van der Waals surface area contributed by atoms with Gasteiger partial charge in [0.15, 0.2) is 15.6 Å². The maximum Gasteiger partial charge on any atom is 0.157 e. The largest absolute Gasteiger partial charge is 0.381 e. The van der Waals surface area contributed by atoms with E-state index < -0.39 is 9.84 Å². The van der Waals surface area contributed by atoms with Crippen molar-refractivity contribution >= 4 is 15.6 Å². The van der Waals surface area contributed by atoms with Gasteiger partial charge in [-0.1, -0.05) is 13.8 Å². The molecule has 1 saturated heterocycles. The van der Waals surface area contributed by atoms with Gasteiger partial charge in [-0.3, -0.25) is 4.79 Å². The first-order chi connectivity index (χ1) is 6.91. The lowest BCUT2D eigenvalue weighted by molar-refractivity contribution is -0.120. The predicted octanol–water partition coefficient (Wildman–Crippen LogP) is 0.663. The third-order valence-corrected chi connectivity index (χ3v) is 4.23. The van der Waals surface area contributed by atoms with Crippen LogP contribution in [0, 0.1) is 11.8 Å². The van der Waals surface area contributed by atoms with Gasteiger partial charge in [0, 0.05) is 12.5 Å². The SMILES string of the molecule is CC(C)CS(=O)(=O)CC(=O)C1CCOC1. The molecule has 0 N–H and O–H groups in total. The fourth-order valence-corrected chi connectivity index (χ4v) is 3.49. The Balaban J connectivity index is 2.49. The summed E-state index contributed by atoms with van der Waals surface area (Å²) in [4.78, 5) is 11.6. The van der Waals surface area contributed by atoms with E-state index in [1.165, 1.54) is 0 Å². The summed E-state index contributed by atoms with van der Waals surface area (Å²) in [6.07, 6.45) is 0.663. The molecule has 15 heavy (non-hydrogen) atoms. The molecule has 0 saturated carbocycles. The maximum atomic E-state index is 11.6. The lowest BCUT2D eigenvalue weighted by Gasteiger charge is -2.09. The van der Waals surface area contributed by atoms with Crippen LogP contribution in [0.3, 0.4) is 0 Å². The van der Waals surface area contributed by atoms with Crippen LogP contribution in [0.25, 0.3) is 0 Å². The van der Waals surface area contributed by atoms with Gasteiger partial charge in [-0.05, 0) is 12.3 Å². The molecule has 4 nitrogen and oxygen atoms in total. The Bertz CT molecular complexity index is 312. The Morgan fingerprint density at radius 2 is 2.13 bits per heavy atom. The monoisotopic (exact) mass is 234 g/mol. The summed E-state index contributed by atoms with van der Waals surface area (Å²) < 4.78 is 28.2. The molecule has 0 bridgehead atoms. The highest BCUT2D eigenvalue weighted by atomic mass is 32.2. The number of rotatable bonds is 5. The van der Waals surface area contributed by atoms with Crippen LogP contribution in [0.2, 0.25) is 0 Å². The van der Waals surface area contributed by atoms with Crippen molar-refractivity contribution in [3.05, 3.63) is 0 Å². The quantitative estimate of drug-likeness (QED) is 0.701. The molecule has 1 rings (SSSR count). The van der Waals surface area contributed by atoms with Crippen molar-refractivity contribution in [2.45, 2.75) is 20.3 Å². The number of ketones is 1. The Labute approximate surface area is 90.9 Å². The van der Waals surface area contributed by atoms with Gasteiger partial charge in [0.1, 0.15) is 5.75 Å². The molecule has 1 atom stereocenters. The van der Waals surface area contributed by atoms with Crippen molar-refractivity contribution in [1.82, 2.24) is 0 Å². The lowest BCUT2D eigenvalue weighted by Crippen LogP contribution is -2.27. The summed E-state index contributed by atoms with van der Waals surface area (Å²) in [7, 11) is -3.22.